The fraction of sp³-hybridized carbons (Fsp3) is 0.143. The Morgan fingerprint density at radius 3 is 2.84 bits per heavy atom. The molecule has 1 atom stereocenters. The number of aromatic nitrogens is 1. The number of nitrogens with one attached hydrogen (secondary N) is 1. The Labute approximate surface area is 109 Å². The molecule has 19 heavy (non-hydrogen) atoms. The molecule has 0 amide bonds. The first-order chi connectivity index (χ1) is 9.25. The lowest BCUT2D eigenvalue weighted by molar-refractivity contribution is -0.482. The number of H-pyrrole nitrogens is 1. The molecule has 0 spiro atoms. The minimum atomic E-state index is -0.374. The lowest BCUT2D eigenvalue weighted by Crippen LogP contribution is -2.13. The second-order valence-corrected chi connectivity index (χ2v) is 4.37. The minimum Gasteiger partial charge on any atom is -0.468 e. The van der Waals surface area contributed by atoms with Crippen LogP contribution in [-0.4, -0.2) is 16.5 Å². The Bertz CT molecular complexity index is 700. The highest BCUT2D eigenvalue weighted by Gasteiger charge is 2.25. The second kappa shape index (κ2) is 4.61. The van der Waals surface area contributed by atoms with Crippen LogP contribution in [0.3, 0.4) is 0 Å². The normalized spacial score (nSPS) is 12.6. The van der Waals surface area contributed by atoms with Crippen LogP contribution in [0.5, 0.6) is 0 Å². The summed E-state index contributed by atoms with van der Waals surface area (Å²) in [5, 5.41) is 11.9. The van der Waals surface area contributed by atoms with Crippen LogP contribution in [0.25, 0.3) is 10.9 Å². The number of furan rings is 1. The SMILES string of the molecule is O=[N+]([O-])C[C@@H](c1ccco1)c1c[nH]c2ccccc12. The number of rotatable bonds is 4. The molecular formula is C14H12N2O3. The number of aromatic amines is 1. The maximum atomic E-state index is 10.9. The first kappa shape index (κ1) is 11.5. The van der Waals surface area contributed by atoms with Gasteiger partial charge in [-0.1, -0.05) is 18.2 Å². The second-order valence-electron chi connectivity index (χ2n) is 4.37. The molecule has 96 valence electrons. The third kappa shape index (κ3) is 2.10. The Hall–Kier alpha value is -2.56. The Balaban J connectivity index is 2.11. The van der Waals surface area contributed by atoms with Crippen molar-refractivity contribution in [3.05, 3.63) is 70.3 Å². The fourth-order valence-corrected chi connectivity index (χ4v) is 2.36. The number of fused-ring (bicyclic) bond motifs is 1. The van der Waals surface area contributed by atoms with E-state index in [1.807, 2.05) is 30.5 Å². The van der Waals surface area contributed by atoms with Gasteiger partial charge in [0.2, 0.25) is 6.54 Å². The molecule has 1 aromatic carbocycles. The van der Waals surface area contributed by atoms with Crippen molar-refractivity contribution in [3.8, 4) is 0 Å². The van der Waals surface area contributed by atoms with Gasteiger partial charge in [-0.15, -0.1) is 0 Å². The van der Waals surface area contributed by atoms with Gasteiger partial charge in [-0.25, -0.2) is 0 Å². The highest BCUT2D eigenvalue weighted by molar-refractivity contribution is 5.84. The first-order valence-corrected chi connectivity index (χ1v) is 5.97. The number of nitrogens with zero attached hydrogens (tertiary/aromatic N) is 1. The number of hydrogen-bond donors (Lipinski definition) is 1. The predicted octanol–water partition coefficient (Wildman–Crippen LogP) is 3.17. The molecule has 3 rings (SSSR count). The van der Waals surface area contributed by atoms with Gasteiger partial charge in [0.25, 0.3) is 0 Å². The van der Waals surface area contributed by atoms with E-state index in [0.29, 0.717) is 5.76 Å². The Morgan fingerprint density at radius 2 is 2.11 bits per heavy atom. The number of benzene rings is 1. The van der Waals surface area contributed by atoms with E-state index in [2.05, 4.69) is 4.98 Å². The van der Waals surface area contributed by atoms with Crippen molar-refractivity contribution >= 4 is 10.9 Å². The van der Waals surface area contributed by atoms with E-state index in [-0.39, 0.29) is 17.4 Å². The summed E-state index contributed by atoms with van der Waals surface area (Å²) in [7, 11) is 0. The largest absolute Gasteiger partial charge is 0.468 e. The van der Waals surface area contributed by atoms with Crippen LogP contribution in [0.1, 0.15) is 17.2 Å². The summed E-state index contributed by atoms with van der Waals surface area (Å²) in [6.45, 7) is -0.185. The molecular weight excluding hydrogens is 244 g/mol. The van der Waals surface area contributed by atoms with Crippen LogP contribution in [-0.2, 0) is 0 Å². The van der Waals surface area contributed by atoms with Crippen molar-refractivity contribution in [1.29, 1.82) is 0 Å². The van der Waals surface area contributed by atoms with E-state index < -0.39 is 0 Å². The van der Waals surface area contributed by atoms with Crippen LogP contribution >= 0.6 is 0 Å². The monoisotopic (exact) mass is 256 g/mol. The van der Waals surface area contributed by atoms with E-state index in [1.165, 1.54) is 6.26 Å². The summed E-state index contributed by atoms with van der Waals surface area (Å²) in [5.74, 6) is 0.239. The van der Waals surface area contributed by atoms with E-state index in [4.69, 9.17) is 4.42 Å². The van der Waals surface area contributed by atoms with E-state index in [0.717, 1.165) is 16.5 Å². The number of hydrogen-bond acceptors (Lipinski definition) is 3. The first-order valence-electron chi connectivity index (χ1n) is 5.97. The van der Waals surface area contributed by atoms with Gasteiger partial charge in [-0.2, -0.15) is 0 Å². The molecule has 0 aliphatic rings. The van der Waals surface area contributed by atoms with Gasteiger partial charge in [0, 0.05) is 22.0 Å². The maximum Gasteiger partial charge on any atom is 0.217 e. The van der Waals surface area contributed by atoms with Crippen LogP contribution in [0, 0.1) is 10.1 Å². The molecule has 2 heterocycles. The van der Waals surface area contributed by atoms with Crippen LogP contribution in [0.4, 0.5) is 0 Å². The van der Waals surface area contributed by atoms with E-state index in [9.17, 15) is 10.1 Å². The average molecular weight is 256 g/mol. The summed E-state index contributed by atoms with van der Waals surface area (Å²) in [4.78, 5) is 13.7. The quantitative estimate of drug-likeness (QED) is 0.575. The smallest absolute Gasteiger partial charge is 0.217 e. The molecule has 0 saturated heterocycles. The Kier molecular flexibility index (Phi) is 2.79. The van der Waals surface area contributed by atoms with Gasteiger partial charge in [-0.05, 0) is 23.8 Å². The van der Waals surface area contributed by atoms with Crippen molar-refractivity contribution in [3.63, 3.8) is 0 Å². The van der Waals surface area contributed by atoms with Gasteiger partial charge in [0.05, 0.1) is 6.26 Å². The average Bonchev–Trinajstić information content (AvgIpc) is 3.05. The zero-order valence-corrected chi connectivity index (χ0v) is 10.1. The molecule has 2 aromatic heterocycles. The summed E-state index contributed by atoms with van der Waals surface area (Å²) in [5.41, 5.74) is 1.86. The third-order valence-corrected chi connectivity index (χ3v) is 3.21. The number of nitro groups is 1. The van der Waals surface area contributed by atoms with Crippen molar-refractivity contribution in [1.82, 2.24) is 4.98 Å². The van der Waals surface area contributed by atoms with Crippen molar-refractivity contribution < 1.29 is 9.34 Å². The van der Waals surface area contributed by atoms with Crippen LogP contribution in [0.2, 0.25) is 0 Å². The molecule has 0 aliphatic carbocycles. The summed E-state index contributed by atoms with van der Waals surface area (Å²) in [6.07, 6.45) is 3.36. The zero-order valence-electron chi connectivity index (χ0n) is 10.1. The highest BCUT2D eigenvalue weighted by atomic mass is 16.6. The maximum absolute atomic E-state index is 10.9. The van der Waals surface area contributed by atoms with E-state index >= 15 is 0 Å². The van der Waals surface area contributed by atoms with Gasteiger partial charge in [-0.3, -0.25) is 10.1 Å². The lowest BCUT2D eigenvalue weighted by atomic mass is 9.96. The topological polar surface area (TPSA) is 72.1 Å². The van der Waals surface area contributed by atoms with Gasteiger partial charge >= 0.3 is 0 Å². The molecule has 5 nitrogen and oxygen atoms in total. The van der Waals surface area contributed by atoms with Crippen LogP contribution < -0.4 is 0 Å². The molecule has 0 bridgehead atoms. The molecule has 0 fully saturated rings. The predicted molar refractivity (Wildman–Crippen MR) is 70.7 cm³/mol. The zero-order chi connectivity index (χ0) is 13.2. The standard InChI is InChI=1S/C14H12N2O3/c17-16(18)9-12(14-6-3-7-19-14)11-8-15-13-5-2-1-4-10(11)13/h1-8,12,15H,9H2/t12-/m1/s1. The molecule has 5 heteroatoms. The highest BCUT2D eigenvalue weighted by Crippen LogP contribution is 2.31. The van der Waals surface area contributed by atoms with Crippen LogP contribution in [0.15, 0.2) is 53.3 Å². The minimum absolute atomic E-state index is 0.185. The van der Waals surface area contributed by atoms with Gasteiger partial charge in [0.15, 0.2) is 0 Å². The van der Waals surface area contributed by atoms with Gasteiger partial charge in [0.1, 0.15) is 11.7 Å². The molecule has 3 aromatic rings. The van der Waals surface area contributed by atoms with Crippen molar-refractivity contribution in [2.75, 3.05) is 6.54 Å². The lowest BCUT2D eigenvalue weighted by Gasteiger charge is -2.09. The molecule has 0 aliphatic heterocycles. The summed E-state index contributed by atoms with van der Waals surface area (Å²) >= 11 is 0. The molecule has 1 N–H and O–H groups in total. The molecule has 0 unspecified atom stereocenters. The van der Waals surface area contributed by atoms with E-state index in [1.54, 1.807) is 12.1 Å². The molecule has 0 saturated carbocycles. The summed E-state index contributed by atoms with van der Waals surface area (Å²) in [6, 6.07) is 11.3. The Morgan fingerprint density at radius 1 is 1.26 bits per heavy atom. The third-order valence-electron chi connectivity index (χ3n) is 3.21. The number of para-hydroxylation sites is 1. The summed E-state index contributed by atoms with van der Waals surface area (Å²) < 4.78 is 5.35. The molecule has 0 radical (unpaired) electrons. The fourth-order valence-electron chi connectivity index (χ4n) is 2.36. The van der Waals surface area contributed by atoms with Crippen molar-refractivity contribution in [2.45, 2.75) is 5.92 Å². The van der Waals surface area contributed by atoms with Crippen molar-refractivity contribution in [2.24, 2.45) is 0 Å². The van der Waals surface area contributed by atoms with Gasteiger partial charge < -0.3 is 9.40 Å².